The van der Waals surface area contributed by atoms with Crippen molar-refractivity contribution in [3.63, 3.8) is 0 Å². The third-order valence-electron chi connectivity index (χ3n) is 3.42. The van der Waals surface area contributed by atoms with Gasteiger partial charge in [-0.2, -0.15) is 0 Å². The molecule has 1 atom stereocenters. The predicted octanol–water partition coefficient (Wildman–Crippen LogP) is 4.01. The van der Waals surface area contributed by atoms with Crippen LogP contribution in [0, 0.1) is 0 Å². The first-order valence-electron chi connectivity index (χ1n) is 7.22. The van der Waals surface area contributed by atoms with Gasteiger partial charge in [-0.15, -0.1) is 11.3 Å². The summed E-state index contributed by atoms with van der Waals surface area (Å²) in [6, 6.07) is 0. The van der Waals surface area contributed by atoms with E-state index < -0.39 is 0 Å². The lowest BCUT2D eigenvalue weighted by Crippen LogP contribution is -2.35. The van der Waals surface area contributed by atoms with Gasteiger partial charge in [0.05, 0.1) is 5.69 Å². The fourth-order valence-electron chi connectivity index (χ4n) is 2.11. The van der Waals surface area contributed by atoms with Gasteiger partial charge in [0.15, 0.2) is 0 Å². The van der Waals surface area contributed by atoms with E-state index in [0.717, 1.165) is 18.0 Å². The Morgan fingerprint density at radius 3 is 2.58 bits per heavy atom. The monoisotopic (exact) mass is 282 g/mol. The molecule has 0 amide bonds. The molecule has 3 nitrogen and oxygen atoms in total. The van der Waals surface area contributed by atoms with E-state index in [9.17, 15) is 0 Å². The predicted molar refractivity (Wildman–Crippen MR) is 80.7 cm³/mol. The molecule has 0 bridgehead atoms. The lowest BCUT2D eigenvalue weighted by Gasteiger charge is -2.20. The minimum Gasteiger partial charge on any atom is -0.374 e. The fourth-order valence-corrected chi connectivity index (χ4v) is 3.36. The first-order valence-corrected chi connectivity index (χ1v) is 8.03. The van der Waals surface area contributed by atoms with E-state index in [2.05, 4.69) is 33.0 Å². The summed E-state index contributed by atoms with van der Waals surface area (Å²) in [5.74, 6) is 0.705. The molecule has 19 heavy (non-hydrogen) atoms. The van der Waals surface area contributed by atoms with E-state index in [0.29, 0.717) is 5.92 Å². The number of aromatic nitrogens is 1. The number of ether oxygens (including phenoxy) is 1. The Hall–Kier alpha value is -0.450. The summed E-state index contributed by atoms with van der Waals surface area (Å²) >= 11 is 1.83. The Balaban J connectivity index is 2.16. The molecule has 1 fully saturated rings. The maximum atomic E-state index is 5.53. The van der Waals surface area contributed by atoms with Crippen molar-refractivity contribution in [3.8, 4) is 0 Å². The molecule has 1 aromatic rings. The van der Waals surface area contributed by atoms with Crippen molar-refractivity contribution in [2.45, 2.75) is 71.1 Å². The van der Waals surface area contributed by atoms with Crippen molar-refractivity contribution in [1.82, 2.24) is 10.3 Å². The van der Waals surface area contributed by atoms with Crippen LogP contribution in [0.5, 0.6) is 0 Å². The van der Waals surface area contributed by atoms with Gasteiger partial charge in [0.2, 0.25) is 0 Å². The second kappa shape index (κ2) is 5.90. The molecule has 1 saturated carbocycles. The van der Waals surface area contributed by atoms with Gasteiger partial charge < -0.3 is 10.1 Å². The van der Waals surface area contributed by atoms with E-state index >= 15 is 0 Å². The van der Waals surface area contributed by atoms with Gasteiger partial charge >= 0.3 is 0 Å². The summed E-state index contributed by atoms with van der Waals surface area (Å²) in [6.07, 6.45) is 3.75. The van der Waals surface area contributed by atoms with E-state index in [4.69, 9.17) is 9.72 Å². The zero-order valence-corrected chi connectivity index (χ0v) is 13.6. The lowest BCUT2D eigenvalue weighted by atomic mass is 10.1. The van der Waals surface area contributed by atoms with Crippen molar-refractivity contribution in [2.24, 2.45) is 0 Å². The van der Waals surface area contributed by atoms with E-state index in [1.807, 2.05) is 11.3 Å². The highest BCUT2D eigenvalue weighted by Crippen LogP contribution is 2.44. The SMILES string of the molecule is CCC(OC)c1nc(C2CC2)c(CNC(C)(C)C)s1. The van der Waals surface area contributed by atoms with E-state index in [-0.39, 0.29) is 11.6 Å². The molecule has 2 rings (SSSR count). The normalized spacial score (nSPS) is 17.7. The highest BCUT2D eigenvalue weighted by molar-refractivity contribution is 7.11. The van der Waals surface area contributed by atoms with Crippen LogP contribution >= 0.6 is 11.3 Å². The van der Waals surface area contributed by atoms with Crippen molar-refractivity contribution in [1.29, 1.82) is 0 Å². The van der Waals surface area contributed by atoms with Gasteiger partial charge in [-0.1, -0.05) is 6.92 Å². The first-order chi connectivity index (χ1) is 8.94. The number of thiazole rings is 1. The van der Waals surface area contributed by atoms with Crippen molar-refractivity contribution >= 4 is 11.3 Å². The zero-order valence-electron chi connectivity index (χ0n) is 12.7. The quantitative estimate of drug-likeness (QED) is 0.856. The lowest BCUT2D eigenvalue weighted by molar-refractivity contribution is 0.0996. The van der Waals surface area contributed by atoms with Crippen LogP contribution in [0.3, 0.4) is 0 Å². The highest BCUT2D eigenvalue weighted by Gasteiger charge is 2.31. The summed E-state index contributed by atoms with van der Waals surface area (Å²) in [5, 5.41) is 4.73. The summed E-state index contributed by atoms with van der Waals surface area (Å²) in [5.41, 5.74) is 1.48. The molecule has 0 radical (unpaired) electrons. The van der Waals surface area contributed by atoms with Gasteiger partial charge in [0.25, 0.3) is 0 Å². The van der Waals surface area contributed by atoms with Crippen LogP contribution in [0.15, 0.2) is 0 Å². The molecule has 108 valence electrons. The molecule has 1 aliphatic rings. The number of methoxy groups -OCH3 is 1. The van der Waals surface area contributed by atoms with Gasteiger partial charge in [0.1, 0.15) is 11.1 Å². The number of nitrogens with one attached hydrogen (secondary N) is 1. The molecule has 1 aromatic heterocycles. The Labute approximate surface area is 120 Å². The molecule has 1 aliphatic carbocycles. The Kier molecular flexibility index (Phi) is 4.64. The minimum absolute atomic E-state index is 0.149. The molecule has 0 saturated heterocycles. The van der Waals surface area contributed by atoms with Crippen LogP contribution in [0.2, 0.25) is 0 Å². The number of hydrogen-bond donors (Lipinski definition) is 1. The third kappa shape index (κ3) is 4.01. The second-order valence-electron chi connectivity index (χ2n) is 6.37. The number of rotatable bonds is 6. The van der Waals surface area contributed by atoms with Crippen LogP contribution < -0.4 is 5.32 Å². The van der Waals surface area contributed by atoms with Gasteiger partial charge in [0, 0.05) is 30.0 Å². The second-order valence-corrected chi connectivity index (χ2v) is 7.49. The summed E-state index contributed by atoms with van der Waals surface area (Å²) < 4.78 is 5.53. The van der Waals surface area contributed by atoms with Gasteiger partial charge in [-0.05, 0) is 40.0 Å². The molecular formula is C15H26N2OS. The minimum atomic E-state index is 0.149. The first kappa shape index (κ1) is 14.9. The van der Waals surface area contributed by atoms with Crippen LogP contribution in [0.1, 0.15) is 74.6 Å². The molecule has 0 aromatic carbocycles. The third-order valence-corrected chi connectivity index (χ3v) is 4.58. The van der Waals surface area contributed by atoms with Crippen LogP contribution in [0.25, 0.3) is 0 Å². The summed E-state index contributed by atoms with van der Waals surface area (Å²) in [4.78, 5) is 6.27. The standard InChI is InChI=1S/C15H26N2OS/c1-6-11(18-5)14-17-13(10-7-8-10)12(19-14)9-16-15(2,3)4/h10-11,16H,6-9H2,1-5H3. The molecule has 1 N–H and O–H groups in total. The number of nitrogens with zero attached hydrogens (tertiary/aromatic N) is 1. The molecule has 1 heterocycles. The van der Waals surface area contributed by atoms with Crippen molar-refractivity contribution in [2.75, 3.05) is 7.11 Å². The summed E-state index contributed by atoms with van der Waals surface area (Å²) in [6.45, 7) is 9.69. The van der Waals surface area contributed by atoms with Crippen molar-refractivity contribution in [3.05, 3.63) is 15.6 Å². The van der Waals surface area contributed by atoms with Crippen LogP contribution in [-0.2, 0) is 11.3 Å². The summed E-state index contributed by atoms with van der Waals surface area (Å²) in [7, 11) is 1.78. The maximum absolute atomic E-state index is 5.53. The van der Waals surface area contributed by atoms with Gasteiger partial charge in [-0.25, -0.2) is 4.98 Å². The molecule has 4 heteroatoms. The fraction of sp³-hybridized carbons (Fsp3) is 0.800. The Morgan fingerprint density at radius 1 is 1.42 bits per heavy atom. The highest BCUT2D eigenvalue weighted by atomic mass is 32.1. The topological polar surface area (TPSA) is 34.1 Å². The molecule has 0 aliphatic heterocycles. The zero-order chi connectivity index (χ0) is 14.0. The van der Waals surface area contributed by atoms with Crippen molar-refractivity contribution < 1.29 is 4.74 Å². The van der Waals surface area contributed by atoms with E-state index in [1.165, 1.54) is 23.4 Å². The Morgan fingerprint density at radius 2 is 2.11 bits per heavy atom. The maximum Gasteiger partial charge on any atom is 0.122 e. The number of hydrogen-bond acceptors (Lipinski definition) is 4. The van der Waals surface area contributed by atoms with Gasteiger partial charge in [-0.3, -0.25) is 0 Å². The van der Waals surface area contributed by atoms with Crippen LogP contribution in [-0.4, -0.2) is 17.6 Å². The largest absolute Gasteiger partial charge is 0.374 e. The Bertz CT molecular complexity index is 414. The average Bonchev–Trinajstić information content (AvgIpc) is 3.09. The molecular weight excluding hydrogens is 256 g/mol. The molecule has 1 unspecified atom stereocenters. The van der Waals surface area contributed by atoms with Crippen LogP contribution in [0.4, 0.5) is 0 Å². The average molecular weight is 282 g/mol. The van der Waals surface area contributed by atoms with E-state index in [1.54, 1.807) is 7.11 Å². The molecule has 0 spiro atoms. The smallest absolute Gasteiger partial charge is 0.122 e.